The molecule has 0 bridgehead atoms. The van der Waals surface area contributed by atoms with Crippen LogP contribution in [-0.2, 0) is 13.1 Å². The van der Waals surface area contributed by atoms with Crippen LogP contribution in [0.1, 0.15) is 31.6 Å². The second-order valence-electron chi connectivity index (χ2n) is 6.53. The summed E-state index contributed by atoms with van der Waals surface area (Å²) in [6, 6.07) is 2.79. The van der Waals surface area contributed by atoms with Crippen LogP contribution in [0.2, 0.25) is 0 Å². The van der Waals surface area contributed by atoms with Gasteiger partial charge in [-0.2, -0.15) is 0 Å². The zero-order chi connectivity index (χ0) is 14.5. The minimum atomic E-state index is 0.685. The molecule has 1 saturated heterocycles. The quantitative estimate of drug-likeness (QED) is 0.829. The fraction of sp³-hybridized carbons (Fsp3) is 0.750. The molecule has 1 unspecified atom stereocenters. The highest BCUT2D eigenvalue weighted by Gasteiger charge is 2.25. The predicted molar refractivity (Wildman–Crippen MR) is 82.6 cm³/mol. The van der Waals surface area contributed by atoms with Gasteiger partial charge in [0, 0.05) is 31.2 Å². The van der Waals surface area contributed by atoms with Gasteiger partial charge in [-0.05, 0) is 39.0 Å². The van der Waals surface area contributed by atoms with Gasteiger partial charge >= 0.3 is 0 Å². The minimum Gasteiger partial charge on any atom is -0.468 e. The molecule has 0 radical (unpaired) electrons. The van der Waals surface area contributed by atoms with Crippen LogP contribution in [0.15, 0.2) is 16.7 Å². The van der Waals surface area contributed by atoms with Crippen LogP contribution in [-0.4, -0.2) is 49.6 Å². The van der Waals surface area contributed by atoms with E-state index in [1.807, 2.05) is 6.26 Å². The number of nitrogens with one attached hydrogen (secondary N) is 1. The Labute approximate surface area is 123 Å². The van der Waals surface area contributed by atoms with Crippen molar-refractivity contribution in [2.45, 2.75) is 39.4 Å². The molecule has 0 aliphatic carbocycles. The Morgan fingerprint density at radius 2 is 2.25 bits per heavy atom. The lowest BCUT2D eigenvalue weighted by atomic mass is 10.2. The van der Waals surface area contributed by atoms with E-state index in [0.29, 0.717) is 12.0 Å². The fourth-order valence-electron chi connectivity index (χ4n) is 2.74. The molecule has 4 heteroatoms. The number of nitrogens with zero attached hydrogens (tertiary/aromatic N) is 2. The van der Waals surface area contributed by atoms with E-state index >= 15 is 0 Å². The summed E-state index contributed by atoms with van der Waals surface area (Å²) in [7, 11) is 4.34. The number of likely N-dealkylation sites (N-methyl/N-ethyl adjacent to an activating group) is 1. The summed E-state index contributed by atoms with van der Waals surface area (Å²) in [5.74, 6) is 1.81. The number of hydrogen-bond donors (Lipinski definition) is 1. The second-order valence-corrected chi connectivity index (χ2v) is 6.53. The van der Waals surface area contributed by atoms with E-state index < -0.39 is 0 Å². The van der Waals surface area contributed by atoms with Gasteiger partial charge in [-0.1, -0.05) is 13.8 Å². The Bertz CT molecular complexity index is 400. The summed E-state index contributed by atoms with van der Waals surface area (Å²) >= 11 is 0. The molecule has 1 atom stereocenters. The molecule has 0 aromatic carbocycles. The van der Waals surface area contributed by atoms with Crippen LogP contribution in [0.25, 0.3) is 0 Å². The SMILES string of the molecule is CC(C)CNCc1ccoc1CN1CCC(N(C)C)C1. The molecular formula is C16H29N3O. The molecular weight excluding hydrogens is 250 g/mol. The molecule has 2 heterocycles. The first kappa shape index (κ1) is 15.5. The van der Waals surface area contributed by atoms with Crippen molar-refractivity contribution in [2.75, 3.05) is 33.7 Å². The lowest BCUT2D eigenvalue weighted by molar-refractivity contribution is 0.251. The van der Waals surface area contributed by atoms with Crippen LogP contribution >= 0.6 is 0 Å². The van der Waals surface area contributed by atoms with Gasteiger partial charge in [-0.15, -0.1) is 0 Å². The van der Waals surface area contributed by atoms with Crippen molar-refractivity contribution in [3.8, 4) is 0 Å². The number of hydrogen-bond acceptors (Lipinski definition) is 4. The fourth-order valence-corrected chi connectivity index (χ4v) is 2.74. The molecule has 0 saturated carbocycles. The molecule has 20 heavy (non-hydrogen) atoms. The molecule has 1 fully saturated rings. The third-order valence-electron chi connectivity index (χ3n) is 4.05. The molecule has 1 aromatic heterocycles. The highest BCUT2D eigenvalue weighted by molar-refractivity contribution is 5.17. The molecule has 0 spiro atoms. The molecule has 1 aliphatic heterocycles. The van der Waals surface area contributed by atoms with E-state index in [-0.39, 0.29) is 0 Å². The number of furan rings is 1. The predicted octanol–water partition coefficient (Wildman–Crippen LogP) is 2.16. The summed E-state index contributed by atoms with van der Waals surface area (Å²) in [5, 5.41) is 3.49. The summed E-state index contributed by atoms with van der Waals surface area (Å²) < 4.78 is 5.68. The van der Waals surface area contributed by atoms with Gasteiger partial charge < -0.3 is 14.6 Å². The lowest BCUT2D eigenvalue weighted by Gasteiger charge is -2.20. The summed E-state index contributed by atoms with van der Waals surface area (Å²) in [6.45, 7) is 9.68. The highest BCUT2D eigenvalue weighted by atomic mass is 16.3. The van der Waals surface area contributed by atoms with Crippen LogP contribution in [0.5, 0.6) is 0 Å². The Hall–Kier alpha value is -0.840. The van der Waals surface area contributed by atoms with Crippen LogP contribution in [0, 0.1) is 5.92 Å². The average Bonchev–Trinajstić information content (AvgIpc) is 2.99. The van der Waals surface area contributed by atoms with E-state index in [4.69, 9.17) is 4.42 Å². The monoisotopic (exact) mass is 279 g/mol. The first-order valence-corrected chi connectivity index (χ1v) is 7.71. The molecule has 1 aromatic rings. The molecule has 1 aliphatic rings. The van der Waals surface area contributed by atoms with Gasteiger partial charge in [0.05, 0.1) is 12.8 Å². The van der Waals surface area contributed by atoms with Gasteiger partial charge in [-0.25, -0.2) is 0 Å². The van der Waals surface area contributed by atoms with Gasteiger partial charge in [0.2, 0.25) is 0 Å². The van der Waals surface area contributed by atoms with Gasteiger partial charge in [-0.3, -0.25) is 4.90 Å². The standard InChI is InChI=1S/C16H29N3O/c1-13(2)9-17-10-14-6-8-20-16(14)12-19-7-5-15(11-19)18(3)4/h6,8,13,15,17H,5,7,9-12H2,1-4H3. The summed E-state index contributed by atoms with van der Waals surface area (Å²) in [4.78, 5) is 4.82. The first-order chi connectivity index (χ1) is 9.56. The summed E-state index contributed by atoms with van der Waals surface area (Å²) in [5.41, 5.74) is 1.30. The molecule has 114 valence electrons. The summed E-state index contributed by atoms with van der Waals surface area (Å²) in [6.07, 6.45) is 3.08. The Kier molecular flexibility index (Phi) is 5.64. The maximum Gasteiger partial charge on any atom is 0.122 e. The van der Waals surface area contributed by atoms with Crippen molar-refractivity contribution in [1.29, 1.82) is 0 Å². The van der Waals surface area contributed by atoms with Gasteiger partial charge in [0.15, 0.2) is 0 Å². The van der Waals surface area contributed by atoms with Crippen LogP contribution < -0.4 is 5.32 Å². The maximum absolute atomic E-state index is 5.68. The topological polar surface area (TPSA) is 31.7 Å². The zero-order valence-electron chi connectivity index (χ0n) is 13.4. The van der Waals surface area contributed by atoms with Crippen LogP contribution in [0.4, 0.5) is 0 Å². The third kappa shape index (κ3) is 4.33. The van der Waals surface area contributed by atoms with Crippen molar-refractivity contribution >= 4 is 0 Å². The lowest BCUT2D eigenvalue weighted by Crippen LogP contribution is -2.31. The van der Waals surface area contributed by atoms with Crippen molar-refractivity contribution in [3.05, 3.63) is 23.7 Å². The molecule has 4 nitrogen and oxygen atoms in total. The van der Waals surface area contributed by atoms with E-state index in [9.17, 15) is 0 Å². The minimum absolute atomic E-state index is 0.685. The van der Waals surface area contributed by atoms with Crippen molar-refractivity contribution in [3.63, 3.8) is 0 Å². The zero-order valence-corrected chi connectivity index (χ0v) is 13.4. The largest absolute Gasteiger partial charge is 0.468 e. The van der Waals surface area contributed by atoms with Crippen LogP contribution in [0.3, 0.4) is 0 Å². The van der Waals surface area contributed by atoms with E-state index in [2.05, 4.69) is 49.1 Å². The van der Waals surface area contributed by atoms with Crippen molar-refractivity contribution < 1.29 is 4.42 Å². The first-order valence-electron chi connectivity index (χ1n) is 7.71. The third-order valence-corrected chi connectivity index (χ3v) is 4.05. The molecule has 1 N–H and O–H groups in total. The Morgan fingerprint density at radius 1 is 1.45 bits per heavy atom. The van der Waals surface area contributed by atoms with E-state index in [0.717, 1.165) is 31.9 Å². The van der Waals surface area contributed by atoms with Gasteiger partial charge in [0.25, 0.3) is 0 Å². The Morgan fingerprint density at radius 3 is 2.90 bits per heavy atom. The highest BCUT2D eigenvalue weighted by Crippen LogP contribution is 2.19. The van der Waals surface area contributed by atoms with Gasteiger partial charge in [0.1, 0.15) is 5.76 Å². The number of likely N-dealkylation sites (tertiary alicyclic amines) is 1. The average molecular weight is 279 g/mol. The number of rotatable bonds is 7. The second kappa shape index (κ2) is 7.25. The molecule has 2 rings (SSSR count). The Balaban J connectivity index is 1.83. The van der Waals surface area contributed by atoms with E-state index in [1.165, 1.54) is 18.5 Å². The smallest absolute Gasteiger partial charge is 0.122 e. The van der Waals surface area contributed by atoms with E-state index in [1.54, 1.807) is 0 Å². The van der Waals surface area contributed by atoms with Crippen molar-refractivity contribution in [2.24, 2.45) is 5.92 Å². The normalized spacial score (nSPS) is 20.4. The van der Waals surface area contributed by atoms with Crippen molar-refractivity contribution in [1.82, 2.24) is 15.1 Å². The molecule has 0 amide bonds. The maximum atomic E-state index is 5.68.